The molecule has 1 aliphatic rings. The summed E-state index contributed by atoms with van der Waals surface area (Å²) in [5.74, 6) is 0.823. The molecule has 0 fully saturated rings. The summed E-state index contributed by atoms with van der Waals surface area (Å²) in [7, 11) is 0. The van der Waals surface area contributed by atoms with Crippen LogP contribution in [0, 0.1) is 0 Å². The van der Waals surface area contributed by atoms with Crippen molar-refractivity contribution in [3.8, 4) is 0 Å². The van der Waals surface area contributed by atoms with Crippen LogP contribution in [0.15, 0.2) is 27.3 Å². The minimum absolute atomic E-state index is 0.144. The van der Waals surface area contributed by atoms with Gasteiger partial charge in [0.15, 0.2) is 0 Å². The Morgan fingerprint density at radius 3 is 2.88 bits per heavy atom. The Hall–Kier alpha value is -0.580. The number of aryl methyl sites for hydroxylation is 2. The molecule has 90 valence electrons. The van der Waals surface area contributed by atoms with Crippen molar-refractivity contribution in [2.75, 3.05) is 0 Å². The molecule has 1 atom stereocenters. The maximum absolute atomic E-state index is 6.26. The van der Waals surface area contributed by atoms with Crippen LogP contribution in [0.3, 0.4) is 0 Å². The number of hydrogen-bond donors (Lipinski definition) is 1. The number of hydrogen-bond acceptors (Lipinski definition) is 3. The Morgan fingerprint density at radius 2 is 2.18 bits per heavy atom. The summed E-state index contributed by atoms with van der Waals surface area (Å²) in [5, 5.41) is 0. The van der Waals surface area contributed by atoms with Crippen LogP contribution < -0.4 is 5.73 Å². The summed E-state index contributed by atoms with van der Waals surface area (Å²) in [6, 6.07) is 4.01. The van der Waals surface area contributed by atoms with E-state index in [1.54, 1.807) is 6.26 Å². The second-order valence-electron chi connectivity index (χ2n) is 4.41. The zero-order chi connectivity index (χ0) is 11.8. The minimum Gasteiger partial charge on any atom is -0.466 e. The molecule has 0 bridgehead atoms. The number of nitrogens with two attached hydrogens (primary N) is 1. The molecule has 0 aromatic carbocycles. The first-order valence-corrected chi connectivity index (χ1v) is 7.46. The summed E-state index contributed by atoms with van der Waals surface area (Å²) in [4.78, 5) is 2.73. The van der Waals surface area contributed by atoms with Crippen molar-refractivity contribution in [1.29, 1.82) is 0 Å². The van der Waals surface area contributed by atoms with Gasteiger partial charge in [-0.1, -0.05) is 0 Å². The maximum atomic E-state index is 6.26. The lowest BCUT2D eigenvalue weighted by atomic mass is 9.99. The van der Waals surface area contributed by atoms with Crippen molar-refractivity contribution in [2.45, 2.75) is 31.7 Å². The topological polar surface area (TPSA) is 39.2 Å². The fourth-order valence-electron chi connectivity index (χ4n) is 2.32. The van der Waals surface area contributed by atoms with Crippen molar-refractivity contribution in [3.63, 3.8) is 0 Å². The smallest absolute Gasteiger partial charge is 0.139 e. The van der Waals surface area contributed by atoms with E-state index in [-0.39, 0.29) is 6.04 Å². The second kappa shape index (κ2) is 4.59. The third kappa shape index (κ3) is 2.09. The fourth-order valence-corrected chi connectivity index (χ4v) is 4.03. The van der Waals surface area contributed by atoms with E-state index in [2.05, 4.69) is 22.0 Å². The zero-order valence-corrected chi connectivity index (χ0v) is 11.8. The van der Waals surface area contributed by atoms with E-state index in [4.69, 9.17) is 10.2 Å². The van der Waals surface area contributed by atoms with E-state index < -0.39 is 0 Å². The van der Waals surface area contributed by atoms with Gasteiger partial charge in [0.05, 0.1) is 16.8 Å². The first-order chi connectivity index (χ1) is 8.25. The average Bonchev–Trinajstić information content (AvgIpc) is 2.93. The Kier molecular flexibility index (Phi) is 3.11. The van der Waals surface area contributed by atoms with Crippen LogP contribution >= 0.6 is 27.3 Å². The number of rotatable bonds is 2. The van der Waals surface area contributed by atoms with Crippen LogP contribution in [0.25, 0.3) is 0 Å². The molecule has 2 aromatic heterocycles. The van der Waals surface area contributed by atoms with Crippen molar-refractivity contribution < 1.29 is 4.42 Å². The molecule has 2 heterocycles. The highest BCUT2D eigenvalue weighted by molar-refractivity contribution is 9.10. The normalized spacial score (nSPS) is 16.8. The second-order valence-corrected chi connectivity index (χ2v) is 6.44. The monoisotopic (exact) mass is 311 g/mol. The molecule has 0 spiro atoms. The highest BCUT2D eigenvalue weighted by atomic mass is 79.9. The SMILES string of the molecule is NC(c1cc2c(s1)CCCC2)c1occc1Br. The van der Waals surface area contributed by atoms with Gasteiger partial charge in [0, 0.05) is 9.75 Å². The lowest BCUT2D eigenvalue weighted by Crippen LogP contribution is -2.09. The summed E-state index contributed by atoms with van der Waals surface area (Å²) >= 11 is 5.31. The number of thiophene rings is 1. The van der Waals surface area contributed by atoms with Gasteiger partial charge in [0.2, 0.25) is 0 Å². The molecule has 2 N–H and O–H groups in total. The molecule has 4 heteroatoms. The van der Waals surface area contributed by atoms with Crippen LogP contribution in [0.1, 0.15) is 40.0 Å². The molecule has 1 aliphatic carbocycles. The lowest BCUT2D eigenvalue weighted by molar-refractivity contribution is 0.489. The zero-order valence-electron chi connectivity index (χ0n) is 9.41. The van der Waals surface area contributed by atoms with Gasteiger partial charge < -0.3 is 10.2 Å². The van der Waals surface area contributed by atoms with Crippen LogP contribution in [-0.2, 0) is 12.8 Å². The lowest BCUT2D eigenvalue weighted by Gasteiger charge is -2.08. The largest absolute Gasteiger partial charge is 0.466 e. The number of furan rings is 1. The van der Waals surface area contributed by atoms with Gasteiger partial charge in [-0.15, -0.1) is 11.3 Å². The van der Waals surface area contributed by atoms with Gasteiger partial charge >= 0.3 is 0 Å². The highest BCUT2D eigenvalue weighted by Gasteiger charge is 2.21. The standard InChI is InChI=1S/C13H14BrNOS/c14-9-5-6-16-13(9)12(15)11-7-8-3-1-2-4-10(8)17-11/h5-7,12H,1-4,15H2. The molecule has 0 radical (unpaired) electrons. The molecule has 0 aliphatic heterocycles. The quantitative estimate of drug-likeness (QED) is 0.909. The van der Waals surface area contributed by atoms with E-state index in [1.165, 1.54) is 41.0 Å². The molecule has 3 rings (SSSR count). The third-order valence-electron chi connectivity index (χ3n) is 3.25. The van der Waals surface area contributed by atoms with E-state index in [9.17, 15) is 0 Å². The summed E-state index contributed by atoms with van der Waals surface area (Å²) < 4.78 is 6.40. The van der Waals surface area contributed by atoms with Crippen molar-refractivity contribution >= 4 is 27.3 Å². The predicted octanol–water partition coefficient (Wildman–Crippen LogP) is 4.03. The van der Waals surface area contributed by atoms with Crippen LogP contribution in [-0.4, -0.2) is 0 Å². The van der Waals surface area contributed by atoms with E-state index in [0.29, 0.717) is 0 Å². The van der Waals surface area contributed by atoms with Crippen molar-refractivity contribution in [3.05, 3.63) is 43.9 Å². The van der Waals surface area contributed by atoms with Gasteiger partial charge in [-0.25, -0.2) is 0 Å². The van der Waals surface area contributed by atoms with Gasteiger partial charge in [0.25, 0.3) is 0 Å². The Morgan fingerprint density at radius 1 is 1.35 bits per heavy atom. The van der Waals surface area contributed by atoms with Gasteiger partial charge in [0.1, 0.15) is 5.76 Å². The van der Waals surface area contributed by atoms with Crippen molar-refractivity contribution in [2.24, 2.45) is 5.73 Å². The molecule has 0 saturated heterocycles. The maximum Gasteiger partial charge on any atom is 0.139 e. The Balaban J connectivity index is 1.94. The first kappa shape index (κ1) is 11.5. The molecule has 17 heavy (non-hydrogen) atoms. The first-order valence-electron chi connectivity index (χ1n) is 5.85. The molecule has 2 nitrogen and oxygen atoms in total. The molecule has 0 saturated carbocycles. The van der Waals surface area contributed by atoms with E-state index >= 15 is 0 Å². The number of fused-ring (bicyclic) bond motifs is 1. The molecule has 0 amide bonds. The fraction of sp³-hybridized carbons (Fsp3) is 0.385. The average molecular weight is 312 g/mol. The van der Waals surface area contributed by atoms with Crippen LogP contribution in [0.5, 0.6) is 0 Å². The predicted molar refractivity (Wildman–Crippen MR) is 73.4 cm³/mol. The molecular formula is C13H14BrNOS. The Bertz CT molecular complexity index is 508. The van der Waals surface area contributed by atoms with Gasteiger partial charge in [-0.2, -0.15) is 0 Å². The van der Waals surface area contributed by atoms with Crippen LogP contribution in [0.2, 0.25) is 0 Å². The Labute approximate surface area is 113 Å². The summed E-state index contributed by atoms with van der Waals surface area (Å²) in [6.45, 7) is 0. The molecule has 2 aromatic rings. The van der Waals surface area contributed by atoms with Gasteiger partial charge in [-0.05, 0) is 59.3 Å². The van der Waals surface area contributed by atoms with Crippen LogP contribution in [0.4, 0.5) is 0 Å². The van der Waals surface area contributed by atoms with Gasteiger partial charge in [-0.3, -0.25) is 0 Å². The summed E-state index contributed by atoms with van der Waals surface area (Å²) in [5.41, 5.74) is 7.76. The number of halogens is 1. The molecule has 1 unspecified atom stereocenters. The molecular weight excluding hydrogens is 298 g/mol. The highest BCUT2D eigenvalue weighted by Crippen LogP contribution is 2.36. The summed E-state index contributed by atoms with van der Waals surface area (Å²) in [6.07, 6.45) is 6.71. The minimum atomic E-state index is -0.144. The van der Waals surface area contributed by atoms with E-state index in [0.717, 1.165) is 10.2 Å². The third-order valence-corrected chi connectivity index (χ3v) is 5.22. The van der Waals surface area contributed by atoms with Crippen molar-refractivity contribution in [1.82, 2.24) is 0 Å². The van der Waals surface area contributed by atoms with E-state index in [1.807, 2.05) is 17.4 Å².